The summed E-state index contributed by atoms with van der Waals surface area (Å²) in [5.41, 5.74) is 2.03. The molecule has 3 heterocycles. The van der Waals surface area contributed by atoms with E-state index in [-0.39, 0.29) is 11.8 Å². The summed E-state index contributed by atoms with van der Waals surface area (Å²) in [7, 11) is 0. The van der Waals surface area contributed by atoms with Gasteiger partial charge in [0, 0.05) is 31.7 Å². The fourth-order valence-electron chi connectivity index (χ4n) is 3.31. The number of aromatic nitrogens is 2. The van der Waals surface area contributed by atoms with E-state index in [2.05, 4.69) is 10.2 Å². The number of amides is 2. The quantitative estimate of drug-likeness (QED) is 0.718. The predicted octanol–water partition coefficient (Wildman–Crippen LogP) is 2.67. The summed E-state index contributed by atoms with van der Waals surface area (Å²) in [5, 5.41) is 7.09. The highest BCUT2D eigenvalue weighted by molar-refractivity contribution is 5.94. The second-order valence-electron chi connectivity index (χ2n) is 6.69. The molecular weight excluding hydrogens is 372 g/mol. The molecule has 1 aliphatic rings. The summed E-state index contributed by atoms with van der Waals surface area (Å²) < 4.78 is 10.6. The van der Waals surface area contributed by atoms with Crippen molar-refractivity contribution in [2.45, 2.75) is 6.92 Å². The molecule has 4 rings (SSSR count). The van der Waals surface area contributed by atoms with Gasteiger partial charge in [-0.2, -0.15) is 5.10 Å². The molecule has 0 atom stereocenters. The van der Waals surface area contributed by atoms with Gasteiger partial charge in [0.05, 0.1) is 18.6 Å². The van der Waals surface area contributed by atoms with Crippen molar-refractivity contribution >= 4 is 11.8 Å². The maximum Gasteiger partial charge on any atom is 0.289 e. The number of carbonyl (C=O) groups excluding carboxylic acids is 2. The Bertz CT molecular complexity index is 971. The molecule has 8 nitrogen and oxygen atoms in total. The van der Waals surface area contributed by atoms with E-state index in [1.807, 2.05) is 31.2 Å². The summed E-state index contributed by atoms with van der Waals surface area (Å²) in [4.78, 5) is 28.6. The summed E-state index contributed by atoms with van der Waals surface area (Å²) >= 11 is 0. The third-order valence-electron chi connectivity index (χ3n) is 4.86. The molecule has 0 radical (unpaired) electrons. The Morgan fingerprint density at radius 2 is 1.76 bits per heavy atom. The number of nitrogens with one attached hydrogen (secondary N) is 1. The van der Waals surface area contributed by atoms with Crippen molar-refractivity contribution in [1.82, 2.24) is 20.0 Å². The van der Waals surface area contributed by atoms with Gasteiger partial charge in [-0.25, -0.2) is 0 Å². The van der Waals surface area contributed by atoms with Crippen molar-refractivity contribution < 1.29 is 18.7 Å². The highest BCUT2D eigenvalue weighted by atomic mass is 16.5. The van der Waals surface area contributed by atoms with Gasteiger partial charge in [0.25, 0.3) is 11.8 Å². The lowest BCUT2D eigenvalue weighted by Crippen LogP contribution is -2.50. The molecule has 0 unspecified atom stereocenters. The number of furan rings is 1. The number of ether oxygens (including phenoxy) is 1. The van der Waals surface area contributed by atoms with Gasteiger partial charge in [-0.3, -0.25) is 14.7 Å². The molecule has 2 aromatic heterocycles. The zero-order chi connectivity index (χ0) is 20.2. The zero-order valence-corrected chi connectivity index (χ0v) is 16.1. The number of benzene rings is 1. The number of nitrogens with zero attached hydrogens (tertiary/aromatic N) is 3. The molecule has 150 valence electrons. The van der Waals surface area contributed by atoms with Crippen LogP contribution in [-0.2, 0) is 0 Å². The van der Waals surface area contributed by atoms with Crippen molar-refractivity contribution in [3.63, 3.8) is 0 Å². The Kier molecular flexibility index (Phi) is 5.33. The maximum absolute atomic E-state index is 12.8. The van der Waals surface area contributed by atoms with Crippen molar-refractivity contribution in [2.75, 3.05) is 32.8 Å². The SMILES string of the molecule is CCOc1ccc(-c2cc(C(=O)N3CCN(C(=O)c4ccco4)CC3)[nH]n2)cc1. The minimum Gasteiger partial charge on any atom is -0.494 e. The highest BCUT2D eigenvalue weighted by Gasteiger charge is 2.27. The van der Waals surface area contributed by atoms with Crippen LogP contribution in [0, 0.1) is 0 Å². The molecule has 1 saturated heterocycles. The van der Waals surface area contributed by atoms with Crippen LogP contribution >= 0.6 is 0 Å². The monoisotopic (exact) mass is 394 g/mol. The number of piperazine rings is 1. The van der Waals surface area contributed by atoms with Gasteiger partial charge >= 0.3 is 0 Å². The topological polar surface area (TPSA) is 91.7 Å². The Hall–Kier alpha value is -3.55. The minimum absolute atomic E-state index is 0.125. The summed E-state index contributed by atoms with van der Waals surface area (Å²) in [6, 6.07) is 12.7. The normalized spacial score (nSPS) is 14.1. The third-order valence-corrected chi connectivity index (χ3v) is 4.86. The van der Waals surface area contributed by atoms with Crippen LogP contribution in [-0.4, -0.2) is 64.6 Å². The number of H-pyrrole nitrogens is 1. The van der Waals surface area contributed by atoms with Crippen LogP contribution in [0.1, 0.15) is 28.0 Å². The molecule has 0 spiro atoms. The number of hydrogen-bond acceptors (Lipinski definition) is 5. The Labute approximate surface area is 168 Å². The van der Waals surface area contributed by atoms with E-state index in [0.29, 0.717) is 49.9 Å². The molecule has 0 bridgehead atoms. The molecule has 2 amide bonds. The molecule has 1 fully saturated rings. The lowest BCUT2D eigenvalue weighted by atomic mass is 10.1. The van der Waals surface area contributed by atoms with E-state index >= 15 is 0 Å². The van der Waals surface area contributed by atoms with Crippen molar-refractivity contribution in [2.24, 2.45) is 0 Å². The Morgan fingerprint density at radius 3 is 2.38 bits per heavy atom. The van der Waals surface area contributed by atoms with E-state index in [1.165, 1.54) is 6.26 Å². The van der Waals surface area contributed by atoms with Crippen LogP contribution in [0.15, 0.2) is 53.1 Å². The average molecular weight is 394 g/mol. The number of hydrogen-bond donors (Lipinski definition) is 1. The maximum atomic E-state index is 12.8. The largest absolute Gasteiger partial charge is 0.494 e. The Morgan fingerprint density at radius 1 is 1.07 bits per heavy atom. The van der Waals surface area contributed by atoms with Crippen molar-refractivity contribution in [3.05, 3.63) is 60.2 Å². The van der Waals surface area contributed by atoms with Gasteiger partial charge in [-0.1, -0.05) is 0 Å². The fourth-order valence-corrected chi connectivity index (χ4v) is 3.31. The summed E-state index contributed by atoms with van der Waals surface area (Å²) in [5.74, 6) is 0.838. The number of aromatic amines is 1. The number of carbonyl (C=O) groups is 2. The highest BCUT2D eigenvalue weighted by Crippen LogP contribution is 2.22. The lowest BCUT2D eigenvalue weighted by Gasteiger charge is -2.34. The first-order chi connectivity index (χ1) is 14.2. The molecule has 1 aliphatic heterocycles. The van der Waals surface area contributed by atoms with Crippen LogP contribution in [0.4, 0.5) is 0 Å². The first-order valence-electron chi connectivity index (χ1n) is 9.56. The van der Waals surface area contributed by atoms with Crippen LogP contribution in [0.25, 0.3) is 11.3 Å². The van der Waals surface area contributed by atoms with Gasteiger partial charge in [0.15, 0.2) is 5.76 Å². The molecular formula is C21H22N4O4. The van der Waals surface area contributed by atoms with E-state index < -0.39 is 0 Å². The molecule has 1 aromatic carbocycles. The van der Waals surface area contributed by atoms with Crippen LogP contribution in [0.2, 0.25) is 0 Å². The molecule has 3 aromatic rings. The second-order valence-corrected chi connectivity index (χ2v) is 6.69. The Balaban J connectivity index is 1.37. The van der Waals surface area contributed by atoms with Crippen LogP contribution in [0.3, 0.4) is 0 Å². The van der Waals surface area contributed by atoms with Gasteiger partial charge in [-0.15, -0.1) is 0 Å². The van der Waals surface area contributed by atoms with Crippen LogP contribution < -0.4 is 4.74 Å². The van der Waals surface area contributed by atoms with Gasteiger partial charge in [-0.05, 0) is 49.4 Å². The van der Waals surface area contributed by atoms with E-state index in [0.717, 1.165) is 11.3 Å². The van der Waals surface area contributed by atoms with E-state index in [9.17, 15) is 9.59 Å². The fraction of sp³-hybridized carbons (Fsp3) is 0.286. The predicted molar refractivity (Wildman–Crippen MR) is 106 cm³/mol. The molecule has 8 heteroatoms. The molecule has 1 N–H and O–H groups in total. The lowest BCUT2D eigenvalue weighted by molar-refractivity contribution is 0.0515. The summed E-state index contributed by atoms with van der Waals surface area (Å²) in [6.07, 6.45) is 1.48. The van der Waals surface area contributed by atoms with Gasteiger partial charge in [0.2, 0.25) is 0 Å². The second kappa shape index (κ2) is 8.22. The van der Waals surface area contributed by atoms with Crippen molar-refractivity contribution in [3.8, 4) is 17.0 Å². The van der Waals surface area contributed by atoms with Gasteiger partial charge < -0.3 is 19.0 Å². The molecule has 29 heavy (non-hydrogen) atoms. The molecule has 0 aliphatic carbocycles. The minimum atomic E-state index is -0.151. The smallest absolute Gasteiger partial charge is 0.289 e. The van der Waals surface area contributed by atoms with E-state index in [4.69, 9.17) is 9.15 Å². The zero-order valence-electron chi connectivity index (χ0n) is 16.1. The summed E-state index contributed by atoms with van der Waals surface area (Å²) in [6.45, 7) is 4.40. The number of rotatable bonds is 5. The van der Waals surface area contributed by atoms with Crippen LogP contribution in [0.5, 0.6) is 5.75 Å². The molecule has 0 saturated carbocycles. The van der Waals surface area contributed by atoms with Crippen molar-refractivity contribution in [1.29, 1.82) is 0 Å². The first-order valence-corrected chi connectivity index (χ1v) is 9.56. The average Bonchev–Trinajstić information content (AvgIpc) is 3.46. The van der Waals surface area contributed by atoms with Gasteiger partial charge in [0.1, 0.15) is 11.4 Å². The first kappa shape index (κ1) is 18.8. The standard InChI is InChI=1S/C21H22N4O4/c1-2-28-16-7-5-15(6-8-16)17-14-18(23-22-17)20(26)24-9-11-25(12-10-24)21(27)19-4-3-13-29-19/h3-8,13-14H,2,9-12H2,1H3,(H,22,23). The van der Waals surface area contributed by atoms with E-state index in [1.54, 1.807) is 28.0 Å². The third kappa shape index (κ3) is 4.01.